The van der Waals surface area contributed by atoms with Crippen LogP contribution in [0.3, 0.4) is 0 Å². The number of halogens is 2. The lowest BCUT2D eigenvalue weighted by molar-refractivity contribution is -0.123. The highest BCUT2D eigenvalue weighted by Gasteiger charge is 2.28. The Morgan fingerprint density at radius 3 is 2.48 bits per heavy atom. The normalized spacial score (nSPS) is 17.5. The Morgan fingerprint density at radius 2 is 1.83 bits per heavy atom. The van der Waals surface area contributed by atoms with Gasteiger partial charge in [0, 0.05) is 25.3 Å². The van der Waals surface area contributed by atoms with E-state index in [0.717, 1.165) is 31.6 Å². The van der Waals surface area contributed by atoms with Crippen molar-refractivity contribution in [1.29, 1.82) is 0 Å². The number of nitrogens with one attached hydrogen (secondary N) is 1. The lowest BCUT2D eigenvalue weighted by Gasteiger charge is -2.37. The van der Waals surface area contributed by atoms with Crippen molar-refractivity contribution in [2.45, 2.75) is 38.5 Å². The third kappa shape index (κ3) is 7.86. The number of rotatable bonds is 7. The Balaban J connectivity index is 0.00000210. The lowest BCUT2D eigenvalue weighted by atomic mass is 10.0. The highest BCUT2D eigenvalue weighted by atomic mass is 35.5. The van der Waals surface area contributed by atoms with E-state index in [-0.39, 0.29) is 42.9 Å². The zero-order valence-corrected chi connectivity index (χ0v) is 18.4. The van der Waals surface area contributed by atoms with Crippen LogP contribution in [0.25, 0.3) is 0 Å². The van der Waals surface area contributed by atoms with Gasteiger partial charge in [0.2, 0.25) is 5.91 Å². The van der Waals surface area contributed by atoms with E-state index in [1.54, 1.807) is 0 Å². The Kier molecular flexibility index (Phi) is 11.1. The van der Waals surface area contributed by atoms with E-state index in [0.29, 0.717) is 18.7 Å². The van der Waals surface area contributed by atoms with Gasteiger partial charge in [-0.3, -0.25) is 9.69 Å². The molecule has 0 aliphatic carbocycles. The van der Waals surface area contributed by atoms with Crippen LogP contribution in [0.4, 0.5) is 5.69 Å². The summed E-state index contributed by atoms with van der Waals surface area (Å²) in [6.07, 6.45) is 1.22. The Labute approximate surface area is 185 Å². The molecule has 3 N–H and O–H groups in total. The average Bonchev–Trinajstić information content (AvgIpc) is 2.69. The second-order valence-corrected chi connectivity index (χ2v) is 7.13. The molecule has 2 aromatic carbocycles. The summed E-state index contributed by atoms with van der Waals surface area (Å²) < 4.78 is 5.99. The molecule has 0 spiro atoms. The van der Waals surface area contributed by atoms with Crippen molar-refractivity contribution < 1.29 is 9.53 Å². The number of hydrogen-bond acceptors (Lipinski definition) is 4. The van der Waals surface area contributed by atoms with Crippen LogP contribution in [0.2, 0.25) is 0 Å². The van der Waals surface area contributed by atoms with Crippen molar-refractivity contribution in [3.63, 3.8) is 0 Å². The summed E-state index contributed by atoms with van der Waals surface area (Å²) >= 11 is 0. The molecular formula is C22H31Cl2N3O2. The molecule has 0 radical (unpaired) electrons. The summed E-state index contributed by atoms with van der Waals surface area (Å²) in [6.45, 7) is 5.45. The summed E-state index contributed by atoms with van der Waals surface area (Å²) in [5, 5.41) is 3.16. The molecule has 1 saturated heterocycles. The van der Waals surface area contributed by atoms with Gasteiger partial charge >= 0.3 is 0 Å². The highest BCUT2D eigenvalue weighted by molar-refractivity contribution is 5.85. The molecule has 3 rings (SSSR count). The van der Waals surface area contributed by atoms with E-state index in [2.05, 4.69) is 41.4 Å². The van der Waals surface area contributed by atoms with E-state index >= 15 is 0 Å². The highest BCUT2D eigenvalue weighted by Crippen LogP contribution is 2.15. The van der Waals surface area contributed by atoms with Crippen molar-refractivity contribution in [2.75, 3.05) is 25.4 Å². The molecule has 7 heteroatoms. The molecule has 160 valence electrons. The van der Waals surface area contributed by atoms with Crippen molar-refractivity contribution in [3.05, 3.63) is 65.7 Å². The smallest absolute Gasteiger partial charge is 0.224 e. The topological polar surface area (TPSA) is 67.6 Å². The summed E-state index contributed by atoms with van der Waals surface area (Å²) in [4.78, 5) is 14.9. The van der Waals surface area contributed by atoms with Crippen LogP contribution >= 0.6 is 24.8 Å². The molecule has 1 amide bonds. The van der Waals surface area contributed by atoms with Gasteiger partial charge in [-0.1, -0.05) is 49.4 Å². The summed E-state index contributed by atoms with van der Waals surface area (Å²) in [7, 11) is 0. The number of carbonyl (C=O) groups excluding carboxylic acids is 1. The van der Waals surface area contributed by atoms with Gasteiger partial charge in [0.05, 0.1) is 25.2 Å². The number of nitrogens with two attached hydrogens (primary N) is 1. The Bertz CT molecular complexity index is 729. The molecule has 2 unspecified atom stereocenters. The molecule has 5 nitrogen and oxygen atoms in total. The number of nitrogens with zero attached hydrogens (tertiary/aromatic N) is 1. The predicted molar refractivity (Wildman–Crippen MR) is 123 cm³/mol. The van der Waals surface area contributed by atoms with Gasteiger partial charge < -0.3 is 15.8 Å². The number of ether oxygens (including phenoxy) is 1. The summed E-state index contributed by atoms with van der Waals surface area (Å²) in [5.41, 5.74) is 8.68. The quantitative estimate of drug-likeness (QED) is 0.648. The number of benzene rings is 2. The van der Waals surface area contributed by atoms with Gasteiger partial charge in [0.15, 0.2) is 0 Å². The van der Waals surface area contributed by atoms with E-state index < -0.39 is 0 Å². The molecule has 2 aromatic rings. The van der Waals surface area contributed by atoms with Crippen LogP contribution < -0.4 is 11.1 Å². The predicted octanol–water partition coefficient (Wildman–Crippen LogP) is 3.45. The Morgan fingerprint density at radius 1 is 1.14 bits per heavy atom. The number of anilines is 1. The lowest BCUT2D eigenvalue weighted by Crippen LogP contribution is -2.53. The third-order valence-corrected chi connectivity index (χ3v) is 5.01. The third-order valence-electron chi connectivity index (χ3n) is 5.01. The molecule has 1 heterocycles. The fourth-order valence-corrected chi connectivity index (χ4v) is 3.50. The molecule has 0 saturated carbocycles. The zero-order chi connectivity index (χ0) is 19.1. The van der Waals surface area contributed by atoms with E-state index in [1.165, 1.54) is 5.56 Å². The minimum absolute atomic E-state index is 0. The largest absolute Gasteiger partial charge is 0.399 e. The maximum atomic E-state index is 12.5. The first-order valence-corrected chi connectivity index (χ1v) is 9.65. The second kappa shape index (κ2) is 12.7. The van der Waals surface area contributed by atoms with Gasteiger partial charge in [-0.25, -0.2) is 0 Å². The molecular weight excluding hydrogens is 409 g/mol. The van der Waals surface area contributed by atoms with Crippen LogP contribution in [-0.2, 0) is 22.5 Å². The van der Waals surface area contributed by atoms with Crippen LogP contribution in [0, 0.1) is 0 Å². The number of amides is 1. The van der Waals surface area contributed by atoms with Crippen molar-refractivity contribution >= 4 is 36.4 Å². The second-order valence-electron chi connectivity index (χ2n) is 7.13. The van der Waals surface area contributed by atoms with Crippen LogP contribution in [0.1, 0.15) is 24.5 Å². The van der Waals surface area contributed by atoms with Crippen LogP contribution in [0.15, 0.2) is 54.6 Å². The van der Waals surface area contributed by atoms with Crippen molar-refractivity contribution in [2.24, 2.45) is 0 Å². The van der Waals surface area contributed by atoms with Crippen LogP contribution in [-0.4, -0.2) is 42.6 Å². The fraction of sp³-hybridized carbons (Fsp3) is 0.409. The van der Waals surface area contributed by atoms with Gasteiger partial charge in [-0.15, -0.1) is 24.8 Å². The first-order chi connectivity index (χ1) is 13.1. The van der Waals surface area contributed by atoms with E-state index in [9.17, 15) is 4.79 Å². The van der Waals surface area contributed by atoms with Crippen LogP contribution in [0.5, 0.6) is 0 Å². The number of hydrogen-bond donors (Lipinski definition) is 2. The summed E-state index contributed by atoms with van der Waals surface area (Å²) in [5.74, 6) is 0.0235. The van der Waals surface area contributed by atoms with Crippen molar-refractivity contribution in [3.8, 4) is 0 Å². The first-order valence-electron chi connectivity index (χ1n) is 9.65. The average molecular weight is 440 g/mol. The molecule has 0 bridgehead atoms. The van der Waals surface area contributed by atoms with E-state index in [4.69, 9.17) is 10.5 Å². The monoisotopic (exact) mass is 439 g/mol. The standard InChI is InChI=1S/C22H29N3O2.2ClH/c1-2-20(24-22(26)14-17-8-10-19(23)11-9-17)21-16-25(12-13-27-21)15-18-6-4-3-5-7-18;;/h3-11,20-21H,2,12-16,23H2,1H3,(H,24,26);2*1H. The number of carbonyl (C=O) groups is 1. The number of morpholine rings is 1. The molecule has 1 aliphatic rings. The summed E-state index contributed by atoms with van der Waals surface area (Å²) in [6, 6.07) is 17.9. The molecule has 29 heavy (non-hydrogen) atoms. The van der Waals surface area contributed by atoms with Gasteiger partial charge in [-0.05, 0) is 29.7 Å². The SMILES string of the molecule is CCC(NC(=O)Cc1ccc(N)cc1)C1CN(Cc2ccccc2)CCO1.Cl.Cl. The molecule has 1 aliphatic heterocycles. The minimum atomic E-state index is 0. The van der Waals surface area contributed by atoms with Gasteiger partial charge in [0.25, 0.3) is 0 Å². The fourth-order valence-electron chi connectivity index (χ4n) is 3.50. The van der Waals surface area contributed by atoms with E-state index in [1.807, 2.05) is 30.3 Å². The zero-order valence-electron chi connectivity index (χ0n) is 16.8. The molecule has 1 fully saturated rings. The van der Waals surface area contributed by atoms with Gasteiger partial charge in [-0.2, -0.15) is 0 Å². The first kappa shape index (κ1) is 25.2. The number of nitrogen functional groups attached to an aromatic ring is 1. The molecule has 0 aromatic heterocycles. The molecule has 2 atom stereocenters. The maximum Gasteiger partial charge on any atom is 0.224 e. The Hall–Kier alpha value is -1.79. The maximum absolute atomic E-state index is 12.5. The van der Waals surface area contributed by atoms with Gasteiger partial charge in [0.1, 0.15) is 0 Å². The minimum Gasteiger partial charge on any atom is -0.399 e. The van der Waals surface area contributed by atoms with Crippen molar-refractivity contribution in [1.82, 2.24) is 10.2 Å².